The second kappa shape index (κ2) is 10.2. The summed E-state index contributed by atoms with van der Waals surface area (Å²) < 4.78 is 7.75. The minimum Gasteiger partial charge on any atom is -0.487 e. The number of halogens is 2. The van der Waals surface area contributed by atoms with Crippen molar-refractivity contribution in [2.24, 2.45) is 11.7 Å². The van der Waals surface area contributed by atoms with E-state index in [-0.39, 0.29) is 42.7 Å². The quantitative estimate of drug-likeness (QED) is 0.649. The van der Waals surface area contributed by atoms with Crippen molar-refractivity contribution in [2.75, 3.05) is 5.32 Å². The number of nitrogens with one attached hydrogen (secondary N) is 1. The third kappa shape index (κ3) is 5.85. The number of hydrogen-bond donors (Lipinski definition) is 2. The number of aromatic nitrogens is 2. The lowest BCUT2D eigenvalue weighted by Crippen LogP contribution is -2.34. The van der Waals surface area contributed by atoms with E-state index in [1.54, 1.807) is 6.07 Å². The van der Waals surface area contributed by atoms with Crippen LogP contribution in [0.5, 0.6) is 5.75 Å². The highest BCUT2D eigenvalue weighted by Gasteiger charge is 2.17. The molecule has 3 rings (SSSR count). The molecule has 2 unspecified atom stereocenters. The van der Waals surface area contributed by atoms with Gasteiger partial charge in [0.2, 0.25) is 5.91 Å². The fraction of sp³-hybridized carbons (Fsp3) is 0.263. The van der Waals surface area contributed by atoms with Crippen LogP contribution in [0.4, 0.5) is 5.69 Å². The third-order valence-corrected chi connectivity index (χ3v) is 4.10. The standard InChI is InChI=1S/C19H22N4O2.2ClH/c1-13(14(2)20)19(24)22-15-6-5-7-17(10-15)25-12-16-11-23-9-4-3-8-18(23)21-16;;/h3-11,13-14H,12,20H2,1-2H3,(H,22,24);2*1H. The molecular formula is C19H24Cl2N4O2. The van der Waals surface area contributed by atoms with E-state index in [2.05, 4.69) is 10.3 Å². The zero-order valence-electron chi connectivity index (χ0n) is 15.2. The number of hydrogen-bond acceptors (Lipinski definition) is 4. The van der Waals surface area contributed by atoms with Crippen molar-refractivity contribution in [2.45, 2.75) is 26.5 Å². The minimum atomic E-state index is -0.262. The Kier molecular flexibility index (Phi) is 8.56. The van der Waals surface area contributed by atoms with E-state index in [1.807, 2.05) is 67.0 Å². The van der Waals surface area contributed by atoms with Gasteiger partial charge in [-0.15, -0.1) is 24.8 Å². The van der Waals surface area contributed by atoms with Crippen molar-refractivity contribution in [1.29, 1.82) is 0 Å². The van der Waals surface area contributed by atoms with Crippen LogP contribution in [0, 0.1) is 5.92 Å². The van der Waals surface area contributed by atoms with Gasteiger partial charge in [0.25, 0.3) is 0 Å². The van der Waals surface area contributed by atoms with Crippen LogP contribution in [-0.2, 0) is 11.4 Å². The summed E-state index contributed by atoms with van der Waals surface area (Å²) in [6, 6.07) is 12.9. The van der Waals surface area contributed by atoms with E-state index in [4.69, 9.17) is 10.5 Å². The predicted molar refractivity (Wildman–Crippen MR) is 112 cm³/mol. The Labute approximate surface area is 170 Å². The molecule has 0 saturated carbocycles. The van der Waals surface area contributed by atoms with Gasteiger partial charge in [-0.3, -0.25) is 4.79 Å². The first kappa shape index (κ1) is 22.8. The average molecular weight is 411 g/mol. The summed E-state index contributed by atoms with van der Waals surface area (Å²) in [5.74, 6) is 0.304. The maximum Gasteiger partial charge on any atom is 0.228 e. The Morgan fingerprint density at radius 3 is 2.70 bits per heavy atom. The number of carbonyl (C=O) groups excluding carboxylic acids is 1. The van der Waals surface area contributed by atoms with E-state index < -0.39 is 0 Å². The largest absolute Gasteiger partial charge is 0.487 e. The lowest BCUT2D eigenvalue weighted by molar-refractivity contribution is -0.119. The van der Waals surface area contributed by atoms with Crippen LogP contribution in [0.2, 0.25) is 0 Å². The lowest BCUT2D eigenvalue weighted by Gasteiger charge is -2.15. The van der Waals surface area contributed by atoms with Gasteiger partial charge in [-0.2, -0.15) is 0 Å². The molecular weight excluding hydrogens is 387 g/mol. The van der Waals surface area contributed by atoms with Gasteiger partial charge in [0.15, 0.2) is 0 Å². The van der Waals surface area contributed by atoms with Crippen LogP contribution < -0.4 is 15.8 Å². The number of ether oxygens (including phenoxy) is 1. The summed E-state index contributed by atoms with van der Waals surface area (Å²) in [5, 5.41) is 2.86. The maximum absolute atomic E-state index is 12.1. The molecule has 2 atom stereocenters. The fourth-order valence-corrected chi connectivity index (χ4v) is 2.37. The summed E-state index contributed by atoms with van der Waals surface area (Å²) in [5.41, 5.74) is 8.18. The molecule has 0 bridgehead atoms. The molecule has 27 heavy (non-hydrogen) atoms. The second-order valence-corrected chi connectivity index (χ2v) is 6.15. The first-order valence-electron chi connectivity index (χ1n) is 8.25. The van der Waals surface area contributed by atoms with Crippen LogP contribution in [0.15, 0.2) is 54.9 Å². The van der Waals surface area contributed by atoms with Gasteiger partial charge in [0.05, 0.1) is 11.6 Å². The van der Waals surface area contributed by atoms with Crippen molar-refractivity contribution in [3.8, 4) is 5.75 Å². The van der Waals surface area contributed by atoms with Gasteiger partial charge < -0.3 is 20.2 Å². The molecule has 1 aromatic carbocycles. The van der Waals surface area contributed by atoms with E-state index in [9.17, 15) is 4.79 Å². The number of rotatable bonds is 6. The van der Waals surface area contributed by atoms with E-state index in [0.717, 1.165) is 11.3 Å². The van der Waals surface area contributed by atoms with Crippen LogP contribution in [0.25, 0.3) is 5.65 Å². The van der Waals surface area contributed by atoms with Gasteiger partial charge in [-0.1, -0.05) is 19.1 Å². The number of anilines is 1. The molecule has 0 spiro atoms. The highest BCUT2D eigenvalue weighted by atomic mass is 35.5. The summed E-state index contributed by atoms with van der Waals surface area (Å²) in [6.45, 7) is 3.98. The molecule has 8 heteroatoms. The molecule has 3 aromatic rings. The van der Waals surface area contributed by atoms with E-state index in [1.165, 1.54) is 0 Å². The maximum atomic E-state index is 12.1. The zero-order chi connectivity index (χ0) is 17.8. The van der Waals surface area contributed by atoms with Gasteiger partial charge in [-0.05, 0) is 31.2 Å². The first-order chi connectivity index (χ1) is 12.0. The summed E-state index contributed by atoms with van der Waals surface area (Å²) in [6.07, 6.45) is 3.88. The topological polar surface area (TPSA) is 81.7 Å². The Morgan fingerprint density at radius 2 is 2.00 bits per heavy atom. The number of carbonyl (C=O) groups is 1. The number of benzene rings is 1. The Bertz CT molecular complexity index is 850. The summed E-state index contributed by atoms with van der Waals surface area (Å²) in [7, 11) is 0. The number of nitrogens with two attached hydrogens (primary N) is 1. The average Bonchev–Trinajstić information content (AvgIpc) is 3.02. The fourth-order valence-electron chi connectivity index (χ4n) is 2.37. The summed E-state index contributed by atoms with van der Waals surface area (Å²) >= 11 is 0. The number of pyridine rings is 1. The highest BCUT2D eigenvalue weighted by molar-refractivity contribution is 5.92. The van der Waals surface area contributed by atoms with Gasteiger partial charge in [0.1, 0.15) is 18.0 Å². The van der Waals surface area contributed by atoms with Crippen molar-refractivity contribution in [3.63, 3.8) is 0 Å². The van der Waals surface area contributed by atoms with Crippen molar-refractivity contribution >= 4 is 42.1 Å². The van der Waals surface area contributed by atoms with Gasteiger partial charge in [-0.25, -0.2) is 4.98 Å². The van der Waals surface area contributed by atoms with Crippen LogP contribution >= 0.6 is 24.8 Å². The van der Waals surface area contributed by atoms with E-state index >= 15 is 0 Å². The smallest absolute Gasteiger partial charge is 0.228 e. The number of imidazole rings is 1. The normalized spacial score (nSPS) is 12.4. The molecule has 0 radical (unpaired) electrons. The van der Waals surface area contributed by atoms with Crippen molar-refractivity contribution in [1.82, 2.24) is 9.38 Å². The molecule has 3 N–H and O–H groups in total. The Balaban J connectivity index is 0.00000182. The number of fused-ring (bicyclic) bond motifs is 1. The molecule has 2 aromatic heterocycles. The van der Waals surface area contributed by atoms with Crippen molar-refractivity contribution in [3.05, 3.63) is 60.6 Å². The first-order valence-corrected chi connectivity index (χ1v) is 8.25. The van der Waals surface area contributed by atoms with Crippen LogP contribution in [-0.4, -0.2) is 21.3 Å². The lowest BCUT2D eigenvalue weighted by atomic mass is 10.0. The molecule has 1 amide bonds. The molecule has 0 aliphatic carbocycles. The van der Waals surface area contributed by atoms with Gasteiger partial charge >= 0.3 is 0 Å². The van der Waals surface area contributed by atoms with Crippen molar-refractivity contribution < 1.29 is 9.53 Å². The molecule has 6 nitrogen and oxygen atoms in total. The zero-order valence-corrected chi connectivity index (χ0v) is 16.8. The van der Waals surface area contributed by atoms with Gasteiger partial charge in [0, 0.05) is 30.2 Å². The predicted octanol–water partition coefficient (Wildman–Crippen LogP) is 3.68. The Morgan fingerprint density at radius 1 is 1.22 bits per heavy atom. The second-order valence-electron chi connectivity index (χ2n) is 6.15. The van der Waals surface area contributed by atoms with Crippen LogP contribution in [0.3, 0.4) is 0 Å². The minimum absolute atomic E-state index is 0. The summed E-state index contributed by atoms with van der Waals surface area (Å²) in [4.78, 5) is 16.6. The monoisotopic (exact) mass is 410 g/mol. The number of nitrogens with zero attached hydrogens (tertiary/aromatic N) is 2. The third-order valence-electron chi connectivity index (χ3n) is 4.10. The molecule has 0 aliphatic rings. The molecule has 2 heterocycles. The SMILES string of the molecule is CC(N)C(C)C(=O)Nc1cccc(OCc2cn3ccccc3n2)c1.Cl.Cl. The highest BCUT2D eigenvalue weighted by Crippen LogP contribution is 2.19. The molecule has 0 aliphatic heterocycles. The van der Waals surface area contributed by atoms with Crippen LogP contribution in [0.1, 0.15) is 19.5 Å². The molecule has 0 saturated heterocycles. The van der Waals surface area contributed by atoms with E-state index in [0.29, 0.717) is 18.0 Å². The Hall–Kier alpha value is -2.28. The molecule has 0 fully saturated rings. The molecule has 146 valence electrons. The number of amides is 1.